The van der Waals surface area contributed by atoms with Gasteiger partial charge in [0, 0.05) is 36.1 Å². The molecule has 2 amide bonds. The van der Waals surface area contributed by atoms with Crippen molar-refractivity contribution in [1.82, 2.24) is 5.32 Å². The van der Waals surface area contributed by atoms with E-state index in [-0.39, 0.29) is 23.5 Å². The van der Waals surface area contributed by atoms with Crippen LogP contribution in [0.4, 0.5) is 10.1 Å². The highest BCUT2D eigenvalue weighted by atomic mass is 32.2. The quantitative estimate of drug-likeness (QED) is 0.679. The molecule has 3 rings (SSSR count). The maximum atomic E-state index is 13.5. The molecule has 1 aliphatic heterocycles. The van der Waals surface area contributed by atoms with Crippen molar-refractivity contribution in [3.63, 3.8) is 0 Å². The van der Waals surface area contributed by atoms with Crippen LogP contribution in [0.1, 0.15) is 24.0 Å². The predicted molar refractivity (Wildman–Crippen MR) is 107 cm³/mol. The number of halogens is 1. The molecule has 2 aromatic carbocycles. The lowest BCUT2D eigenvalue weighted by molar-refractivity contribution is -0.122. The summed E-state index contributed by atoms with van der Waals surface area (Å²) in [5.74, 6) is 0.888. The molecular weight excluding hydrogens is 363 g/mol. The van der Waals surface area contributed by atoms with E-state index >= 15 is 0 Å². The summed E-state index contributed by atoms with van der Waals surface area (Å²) in [6.45, 7) is 0.539. The molecule has 0 bridgehead atoms. The van der Waals surface area contributed by atoms with Gasteiger partial charge in [-0.05, 0) is 36.1 Å². The van der Waals surface area contributed by atoms with E-state index in [4.69, 9.17) is 0 Å². The van der Waals surface area contributed by atoms with Gasteiger partial charge in [-0.25, -0.2) is 4.39 Å². The summed E-state index contributed by atoms with van der Waals surface area (Å²) >= 11 is 1.58. The summed E-state index contributed by atoms with van der Waals surface area (Å²) in [5, 5.41) is 5.78. The molecule has 0 saturated heterocycles. The van der Waals surface area contributed by atoms with Crippen molar-refractivity contribution in [2.24, 2.45) is 5.92 Å². The molecule has 0 aliphatic carbocycles. The van der Waals surface area contributed by atoms with Crippen LogP contribution in [0, 0.1) is 11.7 Å². The zero-order valence-electron chi connectivity index (χ0n) is 15.0. The summed E-state index contributed by atoms with van der Waals surface area (Å²) < 4.78 is 13.5. The number of nitrogens with one attached hydrogen (secondary N) is 2. The lowest BCUT2D eigenvalue weighted by atomic mass is 9.89. The van der Waals surface area contributed by atoms with Crippen molar-refractivity contribution in [3.8, 4) is 0 Å². The molecular formula is C21H23FN2O2S. The molecule has 1 atom stereocenters. The first kappa shape index (κ1) is 19.4. The number of carbonyl (C=O) groups is 2. The molecule has 1 unspecified atom stereocenters. The second-order valence-corrected chi connectivity index (χ2v) is 7.69. The van der Waals surface area contributed by atoms with E-state index in [0.717, 1.165) is 17.0 Å². The number of amides is 2. The third-order valence-electron chi connectivity index (χ3n) is 4.62. The third kappa shape index (κ3) is 5.57. The first-order chi connectivity index (χ1) is 13.1. The molecule has 2 aromatic rings. The van der Waals surface area contributed by atoms with Crippen LogP contribution in [0.25, 0.3) is 0 Å². The van der Waals surface area contributed by atoms with E-state index in [1.165, 1.54) is 6.07 Å². The van der Waals surface area contributed by atoms with Gasteiger partial charge in [0.2, 0.25) is 11.8 Å². The number of anilines is 1. The van der Waals surface area contributed by atoms with Crippen LogP contribution in [-0.2, 0) is 21.8 Å². The maximum Gasteiger partial charge on any atom is 0.227 e. The van der Waals surface area contributed by atoms with E-state index in [1.807, 2.05) is 30.3 Å². The molecule has 2 N–H and O–H groups in total. The SMILES string of the molecule is O=C(CCC1Cc2ccccc2NC1=O)NCCSCc1ccccc1F. The molecule has 0 spiro atoms. The van der Waals surface area contributed by atoms with Crippen molar-refractivity contribution in [3.05, 3.63) is 65.5 Å². The molecule has 6 heteroatoms. The fourth-order valence-electron chi connectivity index (χ4n) is 3.10. The average molecular weight is 386 g/mol. The van der Waals surface area contributed by atoms with Gasteiger partial charge in [0.05, 0.1) is 0 Å². The van der Waals surface area contributed by atoms with Crippen LogP contribution >= 0.6 is 11.8 Å². The lowest BCUT2D eigenvalue weighted by Crippen LogP contribution is -2.32. The number of rotatable bonds is 8. The van der Waals surface area contributed by atoms with E-state index in [2.05, 4.69) is 10.6 Å². The number of hydrogen-bond acceptors (Lipinski definition) is 3. The predicted octanol–water partition coefficient (Wildman–Crippen LogP) is 3.77. The van der Waals surface area contributed by atoms with Gasteiger partial charge in [0.25, 0.3) is 0 Å². The number of fused-ring (bicyclic) bond motifs is 1. The molecule has 1 aliphatic rings. The average Bonchev–Trinajstić information content (AvgIpc) is 2.67. The number of thioether (sulfide) groups is 1. The van der Waals surface area contributed by atoms with Crippen molar-refractivity contribution >= 4 is 29.3 Å². The Bertz CT molecular complexity index is 812. The Morgan fingerprint density at radius 2 is 1.96 bits per heavy atom. The van der Waals surface area contributed by atoms with Gasteiger partial charge in [-0.1, -0.05) is 36.4 Å². The summed E-state index contributed by atoms with van der Waals surface area (Å²) in [6, 6.07) is 14.5. The number of benzene rings is 2. The van der Waals surface area contributed by atoms with Gasteiger partial charge in [-0.2, -0.15) is 11.8 Å². The topological polar surface area (TPSA) is 58.2 Å². The van der Waals surface area contributed by atoms with E-state index < -0.39 is 0 Å². The van der Waals surface area contributed by atoms with Crippen LogP contribution in [0.2, 0.25) is 0 Å². The van der Waals surface area contributed by atoms with Crippen LogP contribution in [0.5, 0.6) is 0 Å². The Labute approximate surface area is 162 Å². The lowest BCUT2D eigenvalue weighted by Gasteiger charge is -2.24. The highest BCUT2D eigenvalue weighted by Crippen LogP contribution is 2.27. The van der Waals surface area contributed by atoms with E-state index in [0.29, 0.717) is 37.1 Å². The van der Waals surface area contributed by atoms with Gasteiger partial charge in [0.15, 0.2) is 0 Å². The minimum atomic E-state index is -0.193. The zero-order chi connectivity index (χ0) is 19.1. The first-order valence-electron chi connectivity index (χ1n) is 9.10. The first-order valence-corrected chi connectivity index (χ1v) is 10.3. The molecule has 4 nitrogen and oxygen atoms in total. The molecule has 0 radical (unpaired) electrons. The van der Waals surface area contributed by atoms with Crippen LogP contribution in [0.3, 0.4) is 0 Å². The Hall–Kier alpha value is -2.34. The minimum absolute atomic E-state index is 0.0121. The largest absolute Gasteiger partial charge is 0.355 e. The number of hydrogen-bond donors (Lipinski definition) is 2. The van der Waals surface area contributed by atoms with Gasteiger partial charge < -0.3 is 10.6 Å². The van der Waals surface area contributed by atoms with Gasteiger partial charge in [0.1, 0.15) is 5.82 Å². The molecule has 0 fully saturated rings. The summed E-state index contributed by atoms with van der Waals surface area (Å²) in [5.41, 5.74) is 2.67. The Morgan fingerprint density at radius 1 is 1.19 bits per heavy atom. The molecule has 0 saturated carbocycles. The third-order valence-corrected chi connectivity index (χ3v) is 5.62. The fraction of sp³-hybridized carbons (Fsp3) is 0.333. The fourth-order valence-corrected chi connectivity index (χ4v) is 3.95. The molecule has 27 heavy (non-hydrogen) atoms. The highest BCUT2D eigenvalue weighted by molar-refractivity contribution is 7.98. The zero-order valence-corrected chi connectivity index (χ0v) is 15.9. The summed E-state index contributed by atoms with van der Waals surface area (Å²) in [4.78, 5) is 24.2. The van der Waals surface area contributed by atoms with E-state index in [1.54, 1.807) is 23.9 Å². The minimum Gasteiger partial charge on any atom is -0.355 e. The Morgan fingerprint density at radius 3 is 2.81 bits per heavy atom. The maximum absolute atomic E-state index is 13.5. The summed E-state index contributed by atoms with van der Waals surface area (Å²) in [6.07, 6.45) is 1.54. The van der Waals surface area contributed by atoms with Crippen molar-refractivity contribution in [2.75, 3.05) is 17.6 Å². The Balaban J connectivity index is 1.33. The van der Waals surface area contributed by atoms with Crippen LogP contribution in [-0.4, -0.2) is 24.1 Å². The van der Waals surface area contributed by atoms with Crippen molar-refractivity contribution < 1.29 is 14.0 Å². The van der Waals surface area contributed by atoms with E-state index in [9.17, 15) is 14.0 Å². The Kier molecular flexibility index (Phi) is 6.87. The number of carbonyl (C=O) groups excluding carboxylic acids is 2. The molecule has 0 aromatic heterocycles. The van der Waals surface area contributed by atoms with Gasteiger partial charge >= 0.3 is 0 Å². The van der Waals surface area contributed by atoms with Crippen molar-refractivity contribution in [2.45, 2.75) is 25.0 Å². The molecule has 142 valence electrons. The van der Waals surface area contributed by atoms with Crippen LogP contribution < -0.4 is 10.6 Å². The second kappa shape index (κ2) is 9.55. The van der Waals surface area contributed by atoms with Crippen LogP contribution in [0.15, 0.2) is 48.5 Å². The monoisotopic (exact) mass is 386 g/mol. The number of para-hydroxylation sites is 1. The van der Waals surface area contributed by atoms with Gasteiger partial charge in [-0.15, -0.1) is 0 Å². The second-order valence-electron chi connectivity index (χ2n) is 6.58. The van der Waals surface area contributed by atoms with Gasteiger partial charge in [-0.3, -0.25) is 9.59 Å². The standard InChI is InChI=1S/C21H23FN2O2S/c22-18-7-3-1-6-17(18)14-27-12-11-23-20(25)10-9-16-13-15-5-2-4-8-19(15)24-21(16)26/h1-8,16H,9-14H2,(H,23,25)(H,24,26). The summed E-state index contributed by atoms with van der Waals surface area (Å²) in [7, 11) is 0. The normalized spacial score (nSPS) is 15.7. The molecule has 1 heterocycles. The smallest absolute Gasteiger partial charge is 0.227 e. The highest BCUT2D eigenvalue weighted by Gasteiger charge is 2.26. The van der Waals surface area contributed by atoms with Crippen molar-refractivity contribution in [1.29, 1.82) is 0 Å².